The molecule has 0 rings (SSSR count). The molecule has 0 fully saturated rings. The summed E-state index contributed by atoms with van der Waals surface area (Å²) < 4.78 is 27.9. The first-order valence-corrected chi connectivity index (χ1v) is 5.64. The molecule has 90 valence electrons. The lowest BCUT2D eigenvalue weighted by molar-refractivity contribution is -0.121. The van der Waals surface area contributed by atoms with Crippen molar-refractivity contribution in [3.63, 3.8) is 0 Å². The van der Waals surface area contributed by atoms with Crippen LogP contribution in [0, 0.1) is 5.92 Å². The van der Waals surface area contributed by atoms with Crippen molar-refractivity contribution in [2.45, 2.75) is 25.1 Å². The SMILES string of the molecule is CC(C)C(Br)C(=O)NCCOCC(F)F. The Bertz CT molecular complexity index is 191. The first-order valence-electron chi connectivity index (χ1n) is 4.72. The highest BCUT2D eigenvalue weighted by atomic mass is 79.9. The zero-order chi connectivity index (χ0) is 11.8. The van der Waals surface area contributed by atoms with Crippen LogP contribution in [0.15, 0.2) is 0 Å². The van der Waals surface area contributed by atoms with E-state index < -0.39 is 13.0 Å². The number of carbonyl (C=O) groups excluding carboxylic acids is 1. The molecule has 1 amide bonds. The fraction of sp³-hybridized carbons (Fsp3) is 0.889. The van der Waals surface area contributed by atoms with Crippen molar-refractivity contribution in [1.82, 2.24) is 5.32 Å². The molecule has 6 heteroatoms. The van der Waals surface area contributed by atoms with Crippen molar-refractivity contribution in [2.24, 2.45) is 5.92 Å². The van der Waals surface area contributed by atoms with E-state index in [1.807, 2.05) is 13.8 Å². The number of alkyl halides is 3. The van der Waals surface area contributed by atoms with Crippen LogP contribution >= 0.6 is 15.9 Å². The summed E-state index contributed by atoms with van der Waals surface area (Å²) in [6, 6.07) is 0. The average Bonchev–Trinajstić information content (AvgIpc) is 2.15. The van der Waals surface area contributed by atoms with Crippen LogP contribution in [0.3, 0.4) is 0 Å². The van der Waals surface area contributed by atoms with Crippen LogP contribution in [0.1, 0.15) is 13.8 Å². The zero-order valence-corrected chi connectivity index (χ0v) is 10.4. The Morgan fingerprint density at radius 3 is 2.53 bits per heavy atom. The summed E-state index contributed by atoms with van der Waals surface area (Å²) >= 11 is 3.23. The molecule has 0 radical (unpaired) electrons. The van der Waals surface area contributed by atoms with Crippen molar-refractivity contribution in [2.75, 3.05) is 19.8 Å². The smallest absolute Gasteiger partial charge is 0.261 e. The first kappa shape index (κ1) is 14.8. The number of rotatable bonds is 7. The van der Waals surface area contributed by atoms with Gasteiger partial charge in [0.2, 0.25) is 5.91 Å². The van der Waals surface area contributed by atoms with Crippen molar-refractivity contribution in [3.05, 3.63) is 0 Å². The minimum atomic E-state index is -2.46. The Balaban J connectivity index is 3.47. The molecule has 0 aromatic heterocycles. The van der Waals surface area contributed by atoms with E-state index in [4.69, 9.17) is 0 Å². The number of halogens is 3. The predicted molar refractivity (Wildman–Crippen MR) is 57.4 cm³/mol. The topological polar surface area (TPSA) is 38.3 Å². The van der Waals surface area contributed by atoms with Gasteiger partial charge < -0.3 is 10.1 Å². The van der Waals surface area contributed by atoms with Gasteiger partial charge in [0.05, 0.1) is 11.4 Å². The first-order chi connectivity index (χ1) is 6.95. The number of nitrogens with one attached hydrogen (secondary N) is 1. The van der Waals surface area contributed by atoms with E-state index in [2.05, 4.69) is 26.0 Å². The number of carbonyl (C=O) groups is 1. The van der Waals surface area contributed by atoms with E-state index in [0.29, 0.717) is 0 Å². The molecule has 0 bridgehead atoms. The molecule has 1 N–H and O–H groups in total. The van der Waals surface area contributed by atoms with Crippen LogP contribution in [0.5, 0.6) is 0 Å². The van der Waals surface area contributed by atoms with Crippen LogP contribution in [-0.4, -0.2) is 36.9 Å². The Morgan fingerprint density at radius 2 is 2.07 bits per heavy atom. The van der Waals surface area contributed by atoms with Gasteiger partial charge in [0.15, 0.2) is 0 Å². The summed E-state index contributed by atoms with van der Waals surface area (Å²) in [5, 5.41) is 2.58. The maximum atomic E-state index is 11.6. The van der Waals surface area contributed by atoms with Gasteiger partial charge in [0.1, 0.15) is 6.61 Å². The second kappa shape index (κ2) is 7.98. The summed E-state index contributed by atoms with van der Waals surface area (Å²) in [6.07, 6.45) is -2.46. The Hall–Kier alpha value is -0.230. The molecule has 15 heavy (non-hydrogen) atoms. The van der Waals surface area contributed by atoms with Gasteiger partial charge in [-0.2, -0.15) is 0 Å². The fourth-order valence-corrected chi connectivity index (χ4v) is 0.981. The lowest BCUT2D eigenvalue weighted by atomic mass is 10.1. The predicted octanol–water partition coefficient (Wildman–Crippen LogP) is 1.80. The minimum Gasteiger partial charge on any atom is -0.374 e. The van der Waals surface area contributed by atoms with Crippen molar-refractivity contribution < 1.29 is 18.3 Å². The van der Waals surface area contributed by atoms with Gasteiger partial charge in [0, 0.05) is 6.54 Å². The molecule has 3 nitrogen and oxygen atoms in total. The molecule has 0 aromatic rings. The van der Waals surface area contributed by atoms with E-state index in [0.717, 1.165) is 0 Å². The molecule has 0 spiro atoms. The largest absolute Gasteiger partial charge is 0.374 e. The zero-order valence-electron chi connectivity index (χ0n) is 8.80. The van der Waals surface area contributed by atoms with Crippen LogP contribution < -0.4 is 5.32 Å². The molecule has 0 aliphatic carbocycles. The van der Waals surface area contributed by atoms with E-state index in [1.165, 1.54) is 0 Å². The number of hydrogen-bond acceptors (Lipinski definition) is 2. The maximum Gasteiger partial charge on any atom is 0.261 e. The van der Waals surface area contributed by atoms with Crippen molar-refractivity contribution in [1.29, 1.82) is 0 Å². The molecule has 0 heterocycles. The van der Waals surface area contributed by atoms with Gasteiger partial charge in [-0.1, -0.05) is 29.8 Å². The summed E-state index contributed by atoms with van der Waals surface area (Å²) in [5.74, 6) is 0.0395. The third-order valence-electron chi connectivity index (χ3n) is 1.63. The van der Waals surface area contributed by atoms with Gasteiger partial charge in [-0.15, -0.1) is 0 Å². The molecule has 0 saturated heterocycles. The minimum absolute atomic E-state index is 0.105. The summed E-state index contributed by atoms with van der Waals surface area (Å²) in [6.45, 7) is 3.59. The van der Waals surface area contributed by atoms with Crippen molar-refractivity contribution in [3.8, 4) is 0 Å². The van der Waals surface area contributed by atoms with Crippen LogP contribution in [-0.2, 0) is 9.53 Å². The van der Waals surface area contributed by atoms with Gasteiger partial charge in [-0.05, 0) is 5.92 Å². The van der Waals surface area contributed by atoms with Crippen molar-refractivity contribution >= 4 is 21.8 Å². The number of ether oxygens (including phenoxy) is 1. The standard InChI is InChI=1S/C9H16BrF2NO2/c1-6(2)8(10)9(14)13-3-4-15-5-7(11)12/h6-8H,3-5H2,1-2H3,(H,13,14). The van der Waals surface area contributed by atoms with E-state index >= 15 is 0 Å². The lowest BCUT2D eigenvalue weighted by Gasteiger charge is -2.13. The molecular formula is C9H16BrF2NO2. The summed E-state index contributed by atoms with van der Waals surface area (Å²) in [7, 11) is 0. The quantitative estimate of drug-likeness (QED) is 0.573. The van der Waals surface area contributed by atoms with Crippen LogP contribution in [0.2, 0.25) is 0 Å². The Kier molecular flexibility index (Phi) is 7.86. The normalized spacial score (nSPS) is 13.3. The molecule has 1 atom stereocenters. The molecule has 0 aromatic carbocycles. The maximum absolute atomic E-state index is 11.6. The van der Waals surface area contributed by atoms with Gasteiger partial charge in [-0.25, -0.2) is 8.78 Å². The lowest BCUT2D eigenvalue weighted by Crippen LogP contribution is -2.36. The summed E-state index contributed by atoms with van der Waals surface area (Å²) in [4.78, 5) is 11.1. The number of hydrogen-bond donors (Lipinski definition) is 1. The second-order valence-corrected chi connectivity index (χ2v) is 4.39. The van der Waals surface area contributed by atoms with Crippen LogP contribution in [0.4, 0.5) is 8.78 Å². The van der Waals surface area contributed by atoms with Crippen LogP contribution in [0.25, 0.3) is 0 Å². The van der Waals surface area contributed by atoms with Gasteiger partial charge in [-0.3, -0.25) is 4.79 Å². The van der Waals surface area contributed by atoms with Gasteiger partial charge in [0.25, 0.3) is 6.43 Å². The molecular weight excluding hydrogens is 272 g/mol. The monoisotopic (exact) mass is 287 g/mol. The van der Waals surface area contributed by atoms with Gasteiger partial charge >= 0.3 is 0 Å². The summed E-state index contributed by atoms with van der Waals surface area (Å²) in [5.41, 5.74) is 0. The van der Waals surface area contributed by atoms with E-state index in [-0.39, 0.29) is 29.8 Å². The Labute approximate surface area is 96.7 Å². The average molecular weight is 288 g/mol. The third kappa shape index (κ3) is 7.67. The van der Waals surface area contributed by atoms with E-state index in [1.54, 1.807) is 0 Å². The molecule has 0 saturated carbocycles. The molecule has 0 aliphatic heterocycles. The third-order valence-corrected chi connectivity index (χ3v) is 3.10. The highest BCUT2D eigenvalue weighted by Gasteiger charge is 2.17. The molecule has 1 unspecified atom stereocenters. The van der Waals surface area contributed by atoms with E-state index in [9.17, 15) is 13.6 Å². The second-order valence-electron chi connectivity index (χ2n) is 3.40. The Morgan fingerprint density at radius 1 is 1.47 bits per heavy atom. The highest BCUT2D eigenvalue weighted by Crippen LogP contribution is 2.11. The molecule has 0 aliphatic rings. The highest BCUT2D eigenvalue weighted by molar-refractivity contribution is 9.10. The fourth-order valence-electron chi connectivity index (χ4n) is 0.819. The number of amides is 1.